The van der Waals surface area contributed by atoms with Gasteiger partial charge < -0.3 is 0 Å². The Labute approximate surface area is 172 Å². The predicted octanol–water partition coefficient (Wildman–Crippen LogP) is 6.35. The summed E-state index contributed by atoms with van der Waals surface area (Å²) in [5, 5.41) is 1.18. The van der Waals surface area contributed by atoms with Gasteiger partial charge in [-0.2, -0.15) is 0 Å². The zero-order valence-corrected chi connectivity index (χ0v) is 16.2. The number of pyridine rings is 2. The second-order valence-corrected chi connectivity index (χ2v) is 6.96. The van der Waals surface area contributed by atoms with Gasteiger partial charge in [0.25, 0.3) is 0 Å². The van der Waals surface area contributed by atoms with Crippen LogP contribution in [-0.4, -0.2) is 15.8 Å². The van der Waals surface area contributed by atoms with Crippen LogP contribution in [0.1, 0.15) is 15.9 Å². The van der Waals surface area contributed by atoms with Gasteiger partial charge in [0.1, 0.15) is 0 Å². The number of hydrogen-bond donors (Lipinski definition) is 0. The first-order chi connectivity index (χ1) is 13.6. The van der Waals surface area contributed by atoms with E-state index in [1.165, 1.54) is 0 Å². The van der Waals surface area contributed by atoms with Crippen LogP contribution < -0.4 is 0 Å². The number of ketones is 1. The molecule has 0 radical (unpaired) electrons. The largest absolute Gasteiger partial charge is 0.289 e. The molecule has 0 aliphatic carbocycles. The molecule has 0 saturated heterocycles. The third-order valence-electron chi connectivity index (χ3n) is 4.34. The Morgan fingerprint density at radius 3 is 1.50 bits per heavy atom. The van der Waals surface area contributed by atoms with Crippen LogP contribution in [-0.2, 0) is 0 Å². The highest BCUT2D eigenvalue weighted by Crippen LogP contribution is 2.28. The Morgan fingerprint density at radius 1 is 0.643 bits per heavy atom. The summed E-state index contributed by atoms with van der Waals surface area (Å²) in [6.45, 7) is 0. The average molecular weight is 405 g/mol. The number of carbonyl (C=O) groups excluding carboxylic acids is 1. The standard InChI is InChI=1S/C23H14Cl2N2O/c24-19-7-3-1-5-17(19)21-13-15(9-11-26-21)23(28)16-10-12-27-22(14-16)18-6-2-4-8-20(18)25/h1-14H. The zero-order valence-electron chi connectivity index (χ0n) is 14.6. The number of hydrogen-bond acceptors (Lipinski definition) is 3. The second kappa shape index (κ2) is 7.93. The maximum Gasteiger partial charge on any atom is 0.193 e. The molecule has 136 valence electrons. The molecule has 0 aliphatic heterocycles. The van der Waals surface area contributed by atoms with Crippen molar-refractivity contribution in [2.45, 2.75) is 0 Å². The molecule has 0 amide bonds. The minimum atomic E-state index is -0.119. The zero-order chi connectivity index (χ0) is 19.5. The average Bonchev–Trinajstić information content (AvgIpc) is 2.74. The van der Waals surface area contributed by atoms with Crippen LogP contribution in [0.2, 0.25) is 10.0 Å². The summed E-state index contributed by atoms with van der Waals surface area (Å²) in [7, 11) is 0. The topological polar surface area (TPSA) is 42.9 Å². The van der Waals surface area contributed by atoms with Gasteiger partial charge in [0.15, 0.2) is 5.78 Å². The van der Waals surface area contributed by atoms with E-state index in [-0.39, 0.29) is 5.78 Å². The summed E-state index contributed by atoms with van der Waals surface area (Å²) in [6, 6.07) is 21.7. The molecule has 2 aromatic heterocycles. The molecule has 0 bridgehead atoms. The van der Waals surface area contributed by atoms with Gasteiger partial charge in [-0.1, -0.05) is 59.6 Å². The number of carbonyl (C=O) groups is 1. The van der Waals surface area contributed by atoms with E-state index in [4.69, 9.17) is 23.2 Å². The second-order valence-electron chi connectivity index (χ2n) is 6.15. The van der Waals surface area contributed by atoms with Crippen LogP contribution in [0, 0.1) is 0 Å². The first kappa shape index (κ1) is 18.4. The van der Waals surface area contributed by atoms with E-state index in [2.05, 4.69) is 9.97 Å². The number of benzene rings is 2. The molecule has 0 saturated carbocycles. The van der Waals surface area contributed by atoms with Crippen LogP contribution in [0.25, 0.3) is 22.5 Å². The van der Waals surface area contributed by atoms with E-state index in [1.54, 1.807) is 48.8 Å². The predicted molar refractivity (Wildman–Crippen MR) is 113 cm³/mol. The first-order valence-electron chi connectivity index (χ1n) is 8.60. The normalized spacial score (nSPS) is 10.6. The minimum Gasteiger partial charge on any atom is -0.289 e. The van der Waals surface area contributed by atoms with Crippen molar-refractivity contribution in [2.24, 2.45) is 0 Å². The number of aromatic nitrogens is 2. The molecule has 0 fully saturated rings. The van der Waals surface area contributed by atoms with Crippen molar-refractivity contribution in [1.82, 2.24) is 9.97 Å². The van der Waals surface area contributed by atoms with E-state index in [0.717, 1.165) is 11.1 Å². The van der Waals surface area contributed by atoms with Crippen molar-refractivity contribution in [3.05, 3.63) is 106 Å². The summed E-state index contributed by atoms with van der Waals surface area (Å²) < 4.78 is 0. The fourth-order valence-electron chi connectivity index (χ4n) is 2.94. The molecular weight excluding hydrogens is 391 g/mol. The van der Waals surface area contributed by atoms with Gasteiger partial charge in [-0.25, -0.2) is 0 Å². The Kier molecular flexibility index (Phi) is 5.20. The lowest BCUT2D eigenvalue weighted by molar-refractivity contribution is 0.103. The van der Waals surface area contributed by atoms with Gasteiger partial charge in [0.2, 0.25) is 0 Å². The van der Waals surface area contributed by atoms with Crippen LogP contribution in [0.15, 0.2) is 85.2 Å². The lowest BCUT2D eigenvalue weighted by Crippen LogP contribution is -2.03. The number of rotatable bonds is 4. The van der Waals surface area contributed by atoms with Gasteiger partial charge in [-0.3, -0.25) is 14.8 Å². The van der Waals surface area contributed by atoms with Crippen molar-refractivity contribution in [2.75, 3.05) is 0 Å². The van der Waals surface area contributed by atoms with Crippen LogP contribution >= 0.6 is 23.2 Å². The number of halogens is 2. The molecule has 0 unspecified atom stereocenters. The Morgan fingerprint density at radius 2 is 1.07 bits per heavy atom. The van der Waals surface area contributed by atoms with Crippen molar-refractivity contribution in [1.29, 1.82) is 0 Å². The molecule has 2 aromatic carbocycles. The van der Waals surface area contributed by atoms with Crippen molar-refractivity contribution in [3.8, 4) is 22.5 Å². The molecule has 2 heterocycles. The monoisotopic (exact) mass is 404 g/mol. The molecular formula is C23H14Cl2N2O. The molecule has 0 aliphatic rings. The summed E-state index contributed by atoms with van der Waals surface area (Å²) in [6.07, 6.45) is 3.23. The van der Waals surface area contributed by atoms with E-state index in [9.17, 15) is 4.79 Å². The van der Waals surface area contributed by atoms with Crippen molar-refractivity contribution < 1.29 is 4.79 Å². The fraction of sp³-hybridized carbons (Fsp3) is 0. The maximum atomic E-state index is 13.1. The Hall–Kier alpha value is -3.01. The third kappa shape index (κ3) is 3.68. The van der Waals surface area contributed by atoms with Gasteiger partial charge in [-0.15, -0.1) is 0 Å². The lowest BCUT2D eigenvalue weighted by atomic mass is 10.0. The SMILES string of the molecule is O=C(c1ccnc(-c2ccccc2Cl)c1)c1ccnc(-c2ccccc2Cl)c1. The van der Waals surface area contributed by atoms with Crippen molar-refractivity contribution in [3.63, 3.8) is 0 Å². The van der Waals surface area contributed by atoms with Crippen molar-refractivity contribution >= 4 is 29.0 Å². The Bertz CT molecular complexity index is 1080. The smallest absolute Gasteiger partial charge is 0.193 e. The van der Waals surface area contributed by atoms with Crippen LogP contribution in [0.4, 0.5) is 0 Å². The van der Waals surface area contributed by atoms with Gasteiger partial charge in [0.05, 0.1) is 11.4 Å². The fourth-order valence-corrected chi connectivity index (χ4v) is 3.41. The van der Waals surface area contributed by atoms with Crippen LogP contribution in [0.5, 0.6) is 0 Å². The molecule has 28 heavy (non-hydrogen) atoms. The van der Waals surface area contributed by atoms with Crippen LogP contribution in [0.3, 0.4) is 0 Å². The lowest BCUT2D eigenvalue weighted by Gasteiger charge is -2.08. The van der Waals surface area contributed by atoms with E-state index < -0.39 is 0 Å². The third-order valence-corrected chi connectivity index (χ3v) is 5.00. The molecule has 5 heteroatoms. The highest BCUT2D eigenvalue weighted by molar-refractivity contribution is 6.33. The Balaban J connectivity index is 1.71. The van der Waals surface area contributed by atoms with E-state index in [1.807, 2.05) is 36.4 Å². The van der Waals surface area contributed by atoms with Gasteiger partial charge in [0, 0.05) is 44.7 Å². The van der Waals surface area contributed by atoms with Gasteiger partial charge >= 0.3 is 0 Å². The molecule has 4 rings (SSSR count). The molecule has 0 atom stereocenters. The molecule has 3 nitrogen and oxygen atoms in total. The molecule has 0 N–H and O–H groups in total. The summed E-state index contributed by atoms with van der Waals surface area (Å²) in [5.74, 6) is -0.119. The van der Waals surface area contributed by atoms with Gasteiger partial charge in [-0.05, 0) is 36.4 Å². The molecule has 4 aromatic rings. The molecule has 0 spiro atoms. The highest BCUT2D eigenvalue weighted by Gasteiger charge is 2.14. The summed E-state index contributed by atoms with van der Waals surface area (Å²) in [5.41, 5.74) is 3.92. The minimum absolute atomic E-state index is 0.119. The summed E-state index contributed by atoms with van der Waals surface area (Å²) >= 11 is 12.5. The van der Waals surface area contributed by atoms with E-state index in [0.29, 0.717) is 32.6 Å². The first-order valence-corrected chi connectivity index (χ1v) is 9.36. The maximum absolute atomic E-state index is 13.1. The highest BCUT2D eigenvalue weighted by atomic mass is 35.5. The quantitative estimate of drug-likeness (QED) is 0.372. The number of nitrogens with zero attached hydrogens (tertiary/aromatic N) is 2. The summed E-state index contributed by atoms with van der Waals surface area (Å²) in [4.78, 5) is 21.8. The van der Waals surface area contributed by atoms with E-state index >= 15 is 0 Å².